The SMILES string of the molecule is CCC(C)(C)c1ncccn1. The first-order chi connectivity index (χ1) is 5.17. The van der Waals surface area contributed by atoms with Gasteiger partial charge in [-0.25, -0.2) is 9.97 Å². The Morgan fingerprint density at radius 1 is 1.27 bits per heavy atom. The summed E-state index contributed by atoms with van der Waals surface area (Å²) in [6, 6.07) is 1.84. The third-order valence-corrected chi connectivity index (χ3v) is 2.05. The standard InChI is InChI=1S/C9H14N2/c1-4-9(2,3)8-10-6-5-7-11-8/h5-7H,4H2,1-3H3. The van der Waals surface area contributed by atoms with Gasteiger partial charge in [0.05, 0.1) is 0 Å². The van der Waals surface area contributed by atoms with Gasteiger partial charge in [-0.05, 0) is 12.5 Å². The number of aromatic nitrogens is 2. The highest BCUT2D eigenvalue weighted by molar-refractivity contribution is 5.02. The van der Waals surface area contributed by atoms with Crippen molar-refractivity contribution in [3.05, 3.63) is 24.3 Å². The van der Waals surface area contributed by atoms with Crippen molar-refractivity contribution in [3.63, 3.8) is 0 Å². The van der Waals surface area contributed by atoms with E-state index in [4.69, 9.17) is 0 Å². The van der Waals surface area contributed by atoms with Gasteiger partial charge in [-0.1, -0.05) is 20.8 Å². The summed E-state index contributed by atoms with van der Waals surface area (Å²) < 4.78 is 0. The van der Waals surface area contributed by atoms with Crippen molar-refractivity contribution in [1.29, 1.82) is 0 Å². The number of rotatable bonds is 2. The third kappa shape index (κ3) is 1.76. The summed E-state index contributed by atoms with van der Waals surface area (Å²) in [4.78, 5) is 8.42. The molecule has 0 unspecified atom stereocenters. The van der Waals surface area contributed by atoms with E-state index >= 15 is 0 Å². The second-order valence-electron chi connectivity index (χ2n) is 3.31. The van der Waals surface area contributed by atoms with Crippen LogP contribution in [0.2, 0.25) is 0 Å². The van der Waals surface area contributed by atoms with E-state index in [-0.39, 0.29) is 5.41 Å². The Bertz CT molecular complexity index is 216. The molecule has 2 heteroatoms. The lowest BCUT2D eigenvalue weighted by molar-refractivity contribution is 0.472. The molecule has 11 heavy (non-hydrogen) atoms. The highest BCUT2D eigenvalue weighted by atomic mass is 14.9. The molecule has 0 N–H and O–H groups in total. The van der Waals surface area contributed by atoms with Crippen LogP contribution in [0.15, 0.2) is 18.5 Å². The minimum absolute atomic E-state index is 0.112. The molecule has 0 radical (unpaired) electrons. The van der Waals surface area contributed by atoms with E-state index in [1.54, 1.807) is 12.4 Å². The largest absolute Gasteiger partial charge is 0.241 e. The summed E-state index contributed by atoms with van der Waals surface area (Å²) in [6.07, 6.45) is 4.65. The monoisotopic (exact) mass is 150 g/mol. The Morgan fingerprint density at radius 2 is 1.82 bits per heavy atom. The maximum absolute atomic E-state index is 4.21. The smallest absolute Gasteiger partial charge is 0.133 e. The molecule has 0 aromatic carbocycles. The summed E-state index contributed by atoms with van der Waals surface area (Å²) in [7, 11) is 0. The topological polar surface area (TPSA) is 25.8 Å². The van der Waals surface area contributed by atoms with Crippen LogP contribution in [-0.4, -0.2) is 9.97 Å². The average molecular weight is 150 g/mol. The summed E-state index contributed by atoms with van der Waals surface area (Å²) in [6.45, 7) is 6.46. The van der Waals surface area contributed by atoms with E-state index < -0.39 is 0 Å². The van der Waals surface area contributed by atoms with Gasteiger partial charge in [0.2, 0.25) is 0 Å². The molecular formula is C9H14N2. The molecule has 0 atom stereocenters. The Balaban J connectivity index is 2.93. The summed E-state index contributed by atoms with van der Waals surface area (Å²) >= 11 is 0. The fourth-order valence-corrected chi connectivity index (χ4v) is 0.807. The van der Waals surface area contributed by atoms with Crippen molar-refractivity contribution >= 4 is 0 Å². The molecule has 0 aliphatic heterocycles. The molecule has 1 aromatic heterocycles. The lowest BCUT2D eigenvalue weighted by Crippen LogP contribution is -2.18. The van der Waals surface area contributed by atoms with Crippen LogP contribution in [0.3, 0.4) is 0 Å². The van der Waals surface area contributed by atoms with Crippen LogP contribution < -0.4 is 0 Å². The molecular weight excluding hydrogens is 136 g/mol. The number of nitrogens with zero attached hydrogens (tertiary/aromatic N) is 2. The van der Waals surface area contributed by atoms with Gasteiger partial charge in [-0.3, -0.25) is 0 Å². The minimum atomic E-state index is 0.112. The van der Waals surface area contributed by atoms with E-state index in [9.17, 15) is 0 Å². The van der Waals surface area contributed by atoms with Crippen molar-refractivity contribution in [2.24, 2.45) is 0 Å². The van der Waals surface area contributed by atoms with Crippen LogP contribution >= 0.6 is 0 Å². The molecule has 0 aliphatic carbocycles. The van der Waals surface area contributed by atoms with Crippen molar-refractivity contribution in [3.8, 4) is 0 Å². The molecule has 0 saturated carbocycles. The lowest BCUT2D eigenvalue weighted by Gasteiger charge is -2.19. The second kappa shape index (κ2) is 2.99. The van der Waals surface area contributed by atoms with Gasteiger partial charge in [0, 0.05) is 17.8 Å². The van der Waals surface area contributed by atoms with E-state index in [1.807, 2.05) is 6.07 Å². The average Bonchev–Trinajstić information content (AvgIpc) is 2.06. The van der Waals surface area contributed by atoms with Gasteiger partial charge in [0.1, 0.15) is 5.82 Å². The van der Waals surface area contributed by atoms with E-state index in [2.05, 4.69) is 30.7 Å². The van der Waals surface area contributed by atoms with Crippen LogP contribution in [0.5, 0.6) is 0 Å². The number of hydrogen-bond donors (Lipinski definition) is 0. The zero-order valence-electron chi connectivity index (χ0n) is 7.33. The van der Waals surface area contributed by atoms with Crippen LogP contribution in [0, 0.1) is 0 Å². The predicted octanol–water partition coefficient (Wildman–Crippen LogP) is 2.16. The highest BCUT2D eigenvalue weighted by Crippen LogP contribution is 2.21. The van der Waals surface area contributed by atoms with E-state index in [1.165, 1.54) is 0 Å². The van der Waals surface area contributed by atoms with Gasteiger partial charge in [0.25, 0.3) is 0 Å². The molecule has 60 valence electrons. The fraction of sp³-hybridized carbons (Fsp3) is 0.556. The van der Waals surface area contributed by atoms with Gasteiger partial charge < -0.3 is 0 Å². The maximum atomic E-state index is 4.21. The first kappa shape index (κ1) is 8.18. The Morgan fingerprint density at radius 3 is 2.27 bits per heavy atom. The second-order valence-corrected chi connectivity index (χ2v) is 3.31. The number of hydrogen-bond acceptors (Lipinski definition) is 2. The Labute approximate surface area is 67.7 Å². The van der Waals surface area contributed by atoms with Crippen LogP contribution in [0.1, 0.15) is 33.0 Å². The van der Waals surface area contributed by atoms with Crippen molar-refractivity contribution in [2.75, 3.05) is 0 Å². The van der Waals surface area contributed by atoms with Crippen LogP contribution in [0.25, 0.3) is 0 Å². The molecule has 2 nitrogen and oxygen atoms in total. The first-order valence-corrected chi connectivity index (χ1v) is 3.94. The van der Waals surface area contributed by atoms with Crippen LogP contribution in [0.4, 0.5) is 0 Å². The summed E-state index contributed by atoms with van der Waals surface area (Å²) in [5.74, 6) is 0.933. The normalized spacial score (nSPS) is 11.5. The van der Waals surface area contributed by atoms with Gasteiger partial charge >= 0.3 is 0 Å². The molecule has 0 amide bonds. The molecule has 1 aromatic rings. The molecule has 0 spiro atoms. The quantitative estimate of drug-likeness (QED) is 0.645. The summed E-state index contributed by atoms with van der Waals surface area (Å²) in [5.41, 5.74) is 0.112. The van der Waals surface area contributed by atoms with Crippen molar-refractivity contribution in [1.82, 2.24) is 9.97 Å². The lowest BCUT2D eigenvalue weighted by atomic mass is 9.89. The molecule has 0 bridgehead atoms. The zero-order chi connectivity index (χ0) is 8.32. The zero-order valence-corrected chi connectivity index (χ0v) is 7.33. The summed E-state index contributed by atoms with van der Waals surface area (Å²) in [5, 5.41) is 0. The fourth-order valence-electron chi connectivity index (χ4n) is 0.807. The third-order valence-electron chi connectivity index (χ3n) is 2.05. The first-order valence-electron chi connectivity index (χ1n) is 3.94. The van der Waals surface area contributed by atoms with Gasteiger partial charge in [-0.15, -0.1) is 0 Å². The van der Waals surface area contributed by atoms with Crippen LogP contribution in [-0.2, 0) is 5.41 Å². The van der Waals surface area contributed by atoms with Gasteiger partial charge in [0.15, 0.2) is 0 Å². The van der Waals surface area contributed by atoms with Crippen molar-refractivity contribution in [2.45, 2.75) is 32.6 Å². The minimum Gasteiger partial charge on any atom is -0.241 e. The Kier molecular flexibility index (Phi) is 2.22. The maximum Gasteiger partial charge on any atom is 0.133 e. The molecule has 1 rings (SSSR count). The van der Waals surface area contributed by atoms with E-state index in [0.717, 1.165) is 12.2 Å². The predicted molar refractivity (Wildman–Crippen MR) is 45.3 cm³/mol. The highest BCUT2D eigenvalue weighted by Gasteiger charge is 2.20. The van der Waals surface area contributed by atoms with E-state index in [0.29, 0.717) is 0 Å². The Hall–Kier alpha value is -0.920. The molecule has 0 saturated heterocycles. The molecule has 1 heterocycles. The van der Waals surface area contributed by atoms with Crippen molar-refractivity contribution < 1.29 is 0 Å². The molecule has 0 aliphatic rings. The van der Waals surface area contributed by atoms with Gasteiger partial charge in [-0.2, -0.15) is 0 Å². The molecule has 0 fully saturated rings.